The molecule has 10 heavy (non-hydrogen) atoms. The van der Waals surface area contributed by atoms with E-state index in [2.05, 4.69) is 5.18 Å². The zero-order valence-electron chi connectivity index (χ0n) is 5.33. The van der Waals surface area contributed by atoms with Gasteiger partial charge < -0.3 is 5.11 Å². The van der Waals surface area contributed by atoms with Crippen molar-refractivity contribution in [1.82, 2.24) is 0 Å². The van der Waals surface area contributed by atoms with Crippen LogP contribution < -0.4 is 0 Å². The topological polar surface area (TPSA) is 66.7 Å². The number of carbonyl (C=O) groups excluding carboxylic acids is 1. The number of nitrogens with zero attached hydrogens (tertiary/aromatic N) is 1. The van der Waals surface area contributed by atoms with Crippen LogP contribution in [-0.4, -0.2) is 10.9 Å². The second-order valence-corrected chi connectivity index (χ2v) is 2.16. The first-order valence-electron chi connectivity index (χ1n) is 3.04. The number of hydrogen-bond donors (Lipinski definition) is 1. The van der Waals surface area contributed by atoms with E-state index >= 15 is 0 Å². The molecule has 1 aliphatic rings. The van der Waals surface area contributed by atoms with Crippen molar-refractivity contribution in [3.63, 3.8) is 0 Å². The third-order valence-electron chi connectivity index (χ3n) is 1.45. The van der Waals surface area contributed by atoms with E-state index in [1.165, 1.54) is 0 Å². The number of rotatable bonds is 1. The maximum absolute atomic E-state index is 10.7. The van der Waals surface area contributed by atoms with Crippen molar-refractivity contribution < 1.29 is 9.90 Å². The summed E-state index contributed by atoms with van der Waals surface area (Å²) >= 11 is 0. The fourth-order valence-corrected chi connectivity index (χ4v) is 0.918. The van der Waals surface area contributed by atoms with E-state index in [9.17, 15) is 9.70 Å². The van der Waals surface area contributed by atoms with Crippen LogP contribution in [0.2, 0.25) is 0 Å². The van der Waals surface area contributed by atoms with E-state index in [1.807, 2.05) is 0 Å². The van der Waals surface area contributed by atoms with Crippen LogP contribution in [0.15, 0.2) is 16.6 Å². The molecule has 0 saturated carbocycles. The summed E-state index contributed by atoms with van der Waals surface area (Å²) in [6.45, 7) is 0. The molecule has 54 valence electrons. The first-order valence-corrected chi connectivity index (χ1v) is 3.04. The molecule has 0 saturated heterocycles. The maximum Gasteiger partial charge on any atom is 0.188 e. The molecule has 1 rings (SSSR count). The molecule has 1 aliphatic carbocycles. The molecule has 0 aromatic rings. The van der Waals surface area contributed by atoms with Gasteiger partial charge in [0.15, 0.2) is 11.5 Å². The Morgan fingerprint density at radius 1 is 1.40 bits per heavy atom. The average Bonchev–Trinajstić information content (AvgIpc) is 1.88. The molecule has 4 heteroatoms. The Bertz CT molecular complexity index is 207. The van der Waals surface area contributed by atoms with Gasteiger partial charge in [0.2, 0.25) is 0 Å². The zero-order valence-corrected chi connectivity index (χ0v) is 5.33. The summed E-state index contributed by atoms with van der Waals surface area (Å²) in [6.07, 6.45) is 1.33. The summed E-state index contributed by atoms with van der Waals surface area (Å²) in [5.41, 5.74) is -0.286. The molecule has 0 spiro atoms. The lowest BCUT2D eigenvalue weighted by molar-refractivity contribution is -0.116. The van der Waals surface area contributed by atoms with Crippen LogP contribution >= 0.6 is 0 Å². The minimum absolute atomic E-state index is 0.161. The van der Waals surface area contributed by atoms with Crippen molar-refractivity contribution >= 4 is 5.78 Å². The molecule has 1 N–H and O–H groups in total. The molecule has 0 atom stereocenters. The monoisotopic (exact) mass is 141 g/mol. The largest absolute Gasteiger partial charge is 0.510 e. The van der Waals surface area contributed by atoms with Crippen molar-refractivity contribution in [2.45, 2.75) is 19.3 Å². The molecule has 0 aliphatic heterocycles. The van der Waals surface area contributed by atoms with Crippen molar-refractivity contribution in [3.8, 4) is 0 Å². The van der Waals surface area contributed by atoms with Gasteiger partial charge in [0.05, 0.1) is 0 Å². The first-order chi connectivity index (χ1) is 4.75. The van der Waals surface area contributed by atoms with Crippen LogP contribution in [0.1, 0.15) is 19.3 Å². The fourth-order valence-electron chi connectivity index (χ4n) is 0.918. The average molecular weight is 141 g/mol. The minimum atomic E-state index is -0.348. The number of aliphatic hydroxyl groups is 1. The van der Waals surface area contributed by atoms with Crippen LogP contribution in [0, 0.1) is 4.91 Å². The number of allylic oxidation sites excluding steroid dienone is 2. The van der Waals surface area contributed by atoms with Gasteiger partial charge in [-0.05, 0) is 11.6 Å². The predicted molar refractivity (Wildman–Crippen MR) is 34.3 cm³/mol. The lowest BCUT2D eigenvalue weighted by Gasteiger charge is -2.07. The Morgan fingerprint density at radius 3 is 2.50 bits per heavy atom. The van der Waals surface area contributed by atoms with Crippen molar-refractivity contribution in [2.24, 2.45) is 5.18 Å². The van der Waals surface area contributed by atoms with Crippen LogP contribution in [0.25, 0.3) is 0 Å². The third kappa shape index (κ3) is 1.05. The lowest BCUT2D eigenvalue weighted by atomic mass is 10.0. The maximum atomic E-state index is 10.7. The molecule has 0 unspecified atom stereocenters. The highest BCUT2D eigenvalue weighted by molar-refractivity contribution is 5.96. The Labute approximate surface area is 57.5 Å². The highest BCUT2D eigenvalue weighted by atomic mass is 16.3. The molecule has 0 aromatic heterocycles. The highest BCUT2D eigenvalue weighted by Gasteiger charge is 2.20. The quantitative estimate of drug-likeness (QED) is 0.559. The Kier molecular flexibility index (Phi) is 1.80. The molecule has 4 nitrogen and oxygen atoms in total. The Hall–Kier alpha value is -1.19. The molecular formula is C6H7NO3. The van der Waals surface area contributed by atoms with E-state index in [0.29, 0.717) is 19.3 Å². The summed E-state index contributed by atoms with van der Waals surface area (Å²) in [4.78, 5) is 20.6. The van der Waals surface area contributed by atoms with E-state index < -0.39 is 0 Å². The van der Waals surface area contributed by atoms with Crippen molar-refractivity contribution in [3.05, 3.63) is 16.4 Å². The van der Waals surface area contributed by atoms with E-state index in [1.54, 1.807) is 0 Å². The second kappa shape index (κ2) is 2.60. The summed E-state index contributed by atoms with van der Waals surface area (Å²) in [6, 6.07) is 0. The highest BCUT2D eigenvalue weighted by Crippen LogP contribution is 2.19. The van der Waals surface area contributed by atoms with Gasteiger partial charge in [0.25, 0.3) is 0 Å². The van der Waals surface area contributed by atoms with Crippen LogP contribution in [-0.2, 0) is 4.79 Å². The van der Waals surface area contributed by atoms with Crippen molar-refractivity contribution in [1.29, 1.82) is 0 Å². The normalized spacial score (nSPS) is 19.4. The predicted octanol–water partition coefficient (Wildman–Crippen LogP) is 1.28. The van der Waals surface area contributed by atoms with Gasteiger partial charge in [0.1, 0.15) is 5.76 Å². The van der Waals surface area contributed by atoms with Gasteiger partial charge >= 0.3 is 0 Å². The van der Waals surface area contributed by atoms with Gasteiger partial charge in [-0.15, -0.1) is 4.91 Å². The number of ketones is 1. The Morgan fingerprint density at radius 2 is 2.10 bits per heavy atom. The molecule has 0 aromatic carbocycles. The summed E-state index contributed by atoms with van der Waals surface area (Å²) in [5.74, 6) is -0.509. The van der Waals surface area contributed by atoms with Crippen LogP contribution in [0.5, 0.6) is 0 Å². The summed E-state index contributed by atoms with van der Waals surface area (Å²) < 4.78 is 0. The molecular weight excluding hydrogens is 134 g/mol. The van der Waals surface area contributed by atoms with E-state index in [0.717, 1.165) is 0 Å². The van der Waals surface area contributed by atoms with Gasteiger partial charge in [-0.1, -0.05) is 0 Å². The summed E-state index contributed by atoms with van der Waals surface area (Å²) in [5, 5.41) is 11.3. The number of nitroso groups, excluding NO2 is 1. The molecule has 0 heterocycles. The third-order valence-corrected chi connectivity index (χ3v) is 1.45. The zero-order chi connectivity index (χ0) is 7.56. The lowest BCUT2D eigenvalue weighted by Crippen LogP contribution is -2.09. The SMILES string of the molecule is O=NC1=C(O)CCCC1=O. The number of carbonyl (C=O) groups is 1. The fraction of sp³-hybridized carbons (Fsp3) is 0.500. The van der Waals surface area contributed by atoms with Gasteiger partial charge in [0, 0.05) is 12.8 Å². The number of Topliss-reactive ketones (excluding diaryl/α,β-unsaturated/α-hetero) is 1. The van der Waals surface area contributed by atoms with E-state index in [4.69, 9.17) is 5.11 Å². The number of hydrogen-bond acceptors (Lipinski definition) is 4. The molecule has 0 amide bonds. The second-order valence-electron chi connectivity index (χ2n) is 2.16. The molecule has 0 radical (unpaired) electrons. The van der Waals surface area contributed by atoms with Gasteiger partial charge in [-0.2, -0.15) is 0 Å². The van der Waals surface area contributed by atoms with Crippen molar-refractivity contribution in [2.75, 3.05) is 0 Å². The standard InChI is InChI=1S/C6H7NO3/c8-4-2-1-3-5(9)6(4)7-10/h8H,1-3H2. The number of aliphatic hydroxyl groups excluding tert-OH is 1. The van der Waals surface area contributed by atoms with E-state index in [-0.39, 0.29) is 17.2 Å². The van der Waals surface area contributed by atoms with Gasteiger partial charge in [-0.3, -0.25) is 4.79 Å². The van der Waals surface area contributed by atoms with Gasteiger partial charge in [-0.25, -0.2) is 0 Å². The minimum Gasteiger partial charge on any atom is -0.510 e. The first kappa shape index (κ1) is 6.92. The molecule has 0 bridgehead atoms. The van der Waals surface area contributed by atoms with Crippen LogP contribution in [0.3, 0.4) is 0 Å². The van der Waals surface area contributed by atoms with Crippen LogP contribution in [0.4, 0.5) is 0 Å². The molecule has 0 fully saturated rings. The Balaban J connectivity index is 2.94. The summed E-state index contributed by atoms with van der Waals surface area (Å²) in [7, 11) is 0. The smallest absolute Gasteiger partial charge is 0.188 e.